The molecule has 0 bridgehead atoms. The molecule has 1 aliphatic rings. The van der Waals surface area contributed by atoms with Crippen LogP contribution in [0.3, 0.4) is 0 Å². The Morgan fingerprint density at radius 2 is 2.54 bits per heavy atom. The van der Waals surface area contributed by atoms with Crippen LogP contribution in [-0.4, -0.2) is 27.1 Å². The Hall–Kier alpha value is -0.000000000000000111. The van der Waals surface area contributed by atoms with E-state index in [-0.39, 0.29) is 5.97 Å². The molecule has 1 fully saturated rings. The van der Waals surface area contributed by atoms with E-state index in [0.29, 0.717) is 17.4 Å². The maximum atomic E-state index is 11.0. The van der Waals surface area contributed by atoms with Gasteiger partial charge in [-0.1, -0.05) is 30.6 Å². The van der Waals surface area contributed by atoms with E-state index < -0.39 is 0 Å². The summed E-state index contributed by atoms with van der Waals surface area (Å²) in [6, 6.07) is 0. The minimum absolute atomic E-state index is 0.316. The van der Waals surface area contributed by atoms with Gasteiger partial charge in [-0.25, -0.2) is 4.79 Å². The molecule has 1 aliphatic heterocycles. The Balaban J connectivity index is 2.23. The standard InChI is InChI=1S/C8H10O2S3/c1-5(2)7(9)10-3-6-4-12-8(11)13-6/h6H,1,3-4H2,2H3. The summed E-state index contributed by atoms with van der Waals surface area (Å²) in [5, 5.41) is 0.320. The number of carbonyl (C=O) groups excluding carboxylic acids is 1. The van der Waals surface area contributed by atoms with Crippen molar-refractivity contribution in [1.29, 1.82) is 0 Å². The van der Waals surface area contributed by atoms with Crippen LogP contribution < -0.4 is 0 Å². The first-order chi connectivity index (χ1) is 6.09. The van der Waals surface area contributed by atoms with Crippen LogP contribution in [0.15, 0.2) is 12.2 Å². The molecule has 1 saturated heterocycles. The molecular formula is C8H10O2S3. The molecule has 1 rings (SSSR count). The highest BCUT2D eigenvalue weighted by atomic mass is 32.2. The molecular weight excluding hydrogens is 224 g/mol. The lowest BCUT2D eigenvalue weighted by Gasteiger charge is -2.07. The van der Waals surface area contributed by atoms with Crippen molar-refractivity contribution in [3.05, 3.63) is 12.2 Å². The number of rotatable bonds is 3. The van der Waals surface area contributed by atoms with E-state index in [4.69, 9.17) is 17.0 Å². The summed E-state index contributed by atoms with van der Waals surface area (Å²) in [7, 11) is 0. The number of hydrogen-bond acceptors (Lipinski definition) is 5. The Morgan fingerprint density at radius 1 is 1.85 bits per heavy atom. The van der Waals surface area contributed by atoms with E-state index in [2.05, 4.69) is 6.58 Å². The van der Waals surface area contributed by atoms with Crippen molar-refractivity contribution in [2.45, 2.75) is 12.2 Å². The molecule has 1 atom stereocenters. The summed E-state index contributed by atoms with van der Waals surface area (Å²) in [5.41, 5.74) is 0.443. The molecule has 1 heterocycles. The van der Waals surface area contributed by atoms with Crippen LogP contribution in [0, 0.1) is 0 Å². The Bertz CT molecular complexity index is 250. The lowest BCUT2D eigenvalue weighted by molar-refractivity contribution is -0.138. The predicted octanol–water partition coefficient (Wildman–Crippen LogP) is 2.24. The second-order valence-electron chi connectivity index (χ2n) is 2.68. The van der Waals surface area contributed by atoms with Crippen molar-refractivity contribution >= 4 is 45.2 Å². The fraction of sp³-hybridized carbons (Fsp3) is 0.500. The van der Waals surface area contributed by atoms with Crippen molar-refractivity contribution < 1.29 is 9.53 Å². The summed E-state index contributed by atoms with van der Waals surface area (Å²) in [6.07, 6.45) is 0. The number of thiocarbonyl (C=S) groups is 1. The Kier molecular flexibility index (Phi) is 4.28. The zero-order valence-electron chi connectivity index (χ0n) is 7.24. The fourth-order valence-electron chi connectivity index (χ4n) is 0.739. The average molecular weight is 234 g/mol. The van der Waals surface area contributed by atoms with E-state index >= 15 is 0 Å². The average Bonchev–Trinajstić information content (AvgIpc) is 2.47. The van der Waals surface area contributed by atoms with Gasteiger partial charge >= 0.3 is 5.97 Å². The number of esters is 1. The highest BCUT2D eigenvalue weighted by Gasteiger charge is 2.22. The summed E-state index contributed by atoms with van der Waals surface area (Å²) in [5.74, 6) is 0.621. The van der Waals surface area contributed by atoms with Crippen molar-refractivity contribution in [3.63, 3.8) is 0 Å². The SMILES string of the molecule is C=C(C)C(=O)OCC1CSC(=S)S1. The Morgan fingerprint density at radius 3 is 3.00 bits per heavy atom. The largest absolute Gasteiger partial charge is 0.461 e. The van der Waals surface area contributed by atoms with Gasteiger partial charge in [0.1, 0.15) is 10.1 Å². The first-order valence-electron chi connectivity index (χ1n) is 3.75. The molecule has 0 radical (unpaired) electrons. The summed E-state index contributed by atoms with van der Waals surface area (Å²) >= 11 is 8.25. The minimum atomic E-state index is -0.316. The van der Waals surface area contributed by atoms with Gasteiger partial charge in [-0.3, -0.25) is 0 Å². The molecule has 1 unspecified atom stereocenters. The van der Waals surface area contributed by atoms with Crippen LogP contribution >= 0.6 is 35.7 Å². The summed E-state index contributed by atoms with van der Waals surface area (Å²) in [6.45, 7) is 5.58. The summed E-state index contributed by atoms with van der Waals surface area (Å²) < 4.78 is 5.94. The zero-order chi connectivity index (χ0) is 9.84. The van der Waals surface area contributed by atoms with Crippen LogP contribution in [0.1, 0.15) is 6.92 Å². The van der Waals surface area contributed by atoms with Gasteiger partial charge in [-0.2, -0.15) is 0 Å². The number of ether oxygens (including phenoxy) is 1. The number of hydrogen-bond donors (Lipinski definition) is 0. The van der Waals surface area contributed by atoms with Crippen LogP contribution in [0.2, 0.25) is 0 Å². The van der Waals surface area contributed by atoms with Gasteiger partial charge in [-0.05, 0) is 6.92 Å². The Labute approximate surface area is 91.5 Å². The topological polar surface area (TPSA) is 26.3 Å². The molecule has 0 N–H and O–H groups in total. The third-order valence-corrected chi connectivity index (χ3v) is 4.53. The molecule has 0 aromatic carbocycles. The number of carbonyl (C=O) groups is 1. The van der Waals surface area contributed by atoms with Crippen LogP contribution in [0.4, 0.5) is 0 Å². The highest BCUT2D eigenvalue weighted by molar-refractivity contribution is 8.49. The highest BCUT2D eigenvalue weighted by Crippen LogP contribution is 2.32. The monoisotopic (exact) mass is 234 g/mol. The molecule has 0 aromatic rings. The quantitative estimate of drug-likeness (QED) is 0.424. The van der Waals surface area contributed by atoms with Crippen molar-refractivity contribution in [2.24, 2.45) is 0 Å². The van der Waals surface area contributed by atoms with Crippen LogP contribution in [0.25, 0.3) is 0 Å². The molecule has 0 amide bonds. The van der Waals surface area contributed by atoms with Crippen molar-refractivity contribution in [3.8, 4) is 0 Å². The van der Waals surface area contributed by atoms with Gasteiger partial charge in [-0.15, -0.1) is 11.8 Å². The smallest absolute Gasteiger partial charge is 0.333 e. The van der Waals surface area contributed by atoms with E-state index in [1.807, 2.05) is 0 Å². The molecule has 0 aliphatic carbocycles. The molecule has 0 aromatic heterocycles. The van der Waals surface area contributed by atoms with Crippen LogP contribution in [0.5, 0.6) is 0 Å². The third-order valence-electron chi connectivity index (χ3n) is 1.40. The van der Waals surface area contributed by atoms with E-state index in [0.717, 1.165) is 9.28 Å². The van der Waals surface area contributed by atoms with Gasteiger partial charge in [0.25, 0.3) is 0 Å². The van der Waals surface area contributed by atoms with E-state index in [9.17, 15) is 4.79 Å². The van der Waals surface area contributed by atoms with E-state index in [1.54, 1.807) is 30.4 Å². The lowest BCUT2D eigenvalue weighted by atomic mass is 10.4. The second-order valence-corrected chi connectivity index (χ2v) is 6.20. The zero-order valence-corrected chi connectivity index (χ0v) is 9.69. The summed E-state index contributed by atoms with van der Waals surface area (Å²) in [4.78, 5) is 11.0. The van der Waals surface area contributed by atoms with Gasteiger partial charge < -0.3 is 4.74 Å². The lowest BCUT2D eigenvalue weighted by Crippen LogP contribution is -2.16. The fourth-order valence-corrected chi connectivity index (χ4v) is 3.54. The van der Waals surface area contributed by atoms with Gasteiger partial charge in [0.2, 0.25) is 0 Å². The molecule has 13 heavy (non-hydrogen) atoms. The first kappa shape index (κ1) is 11.1. The number of thioether (sulfide) groups is 2. The molecule has 0 spiro atoms. The maximum absolute atomic E-state index is 11.0. The van der Waals surface area contributed by atoms with Crippen LogP contribution in [-0.2, 0) is 9.53 Å². The normalized spacial score (nSPS) is 21.6. The van der Waals surface area contributed by atoms with Crippen molar-refractivity contribution in [2.75, 3.05) is 12.4 Å². The van der Waals surface area contributed by atoms with Crippen molar-refractivity contribution in [1.82, 2.24) is 0 Å². The minimum Gasteiger partial charge on any atom is -0.461 e. The molecule has 2 nitrogen and oxygen atoms in total. The second kappa shape index (κ2) is 5.02. The van der Waals surface area contributed by atoms with Gasteiger partial charge in [0, 0.05) is 11.3 Å². The first-order valence-corrected chi connectivity index (χ1v) is 6.03. The third kappa shape index (κ3) is 3.70. The van der Waals surface area contributed by atoms with E-state index in [1.165, 1.54) is 0 Å². The molecule has 5 heteroatoms. The molecule has 72 valence electrons. The van der Waals surface area contributed by atoms with Gasteiger partial charge in [0.05, 0.1) is 5.25 Å². The predicted molar refractivity (Wildman–Crippen MR) is 62.2 cm³/mol. The maximum Gasteiger partial charge on any atom is 0.333 e. The molecule has 0 saturated carbocycles. The van der Waals surface area contributed by atoms with Gasteiger partial charge in [0.15, 0.2) is 0 Å².